The molecule has 0 aromatic carbocycles. The van der Waals surface area contributed by atoms with Crippen LogP contribution in [0.2, 0.25) is 0 Å². The van der Waals surface area contributed by atoms with Gasteiger partial charge in [-0.1, -0.05) is 6.92 Å². The molecule has 1 rings (SSSR count). The Balaban J connectivity index is 4.28. The minimum Gasteiger partial charge on any atom is -0.465 e. The Bertz CT molecular complexity index is 1620. The quantitative estimate of drug-likeness (QED) is 0.116. The minimum absolute atomic E-state index is 0.329. The third-order valence-corrected chi connectivity index (χ3v) is 9.25. The van der Waals surface area contributed by atoms with Gasteiger partial charge in [-0.05, 0) is 18.8 Å². The van der Waals surface area contributed by atoms with Gasteiger partial charge in [-0.25, -0.2) is 9.59 Å². The molecule has 0 radical (unpaired) electrons. The van der Waals surface area contributed by atoms with E-state index in [0.717, 1.165) is 5.32 Å². The SMILES string of the molecule is CC1CCC(CC(F)(F)C(F)(F)C(F)(F)C(F)(F)C(F)(F)C(F)(F)C(F)(F)F)(NC(=O)O)C(CC(F)(F)C(F)(F)C(F)(F)C(F)(F)C(F)(F)C(F)(F)C(F)(F)F)C1NC(=O)O. The van der Waals surface area contributed by atoms with E-state index < -0.39 is 145 Å². The molecule has 0 aromatic heterocycles. The van der Waals surface area contributed by atoms with E-state index in [4.69, 9.17) is 10.2 Å². The first-order valence-electron chi connectivity index (χ1n) is 14.8. The maximum atomic E-state index is 15.2. The van der Waals surface area contributed by atoms with Crippen LogP contribution in [0.1, 0.15) is 32.6 Å². The van der Waals surface area contributed by atoms with Gasteiger partial charge in [-0.2, -0.15) is 132 Å². The Labute approximate surface area is 314 Å². The van der Waals surface area contributed by atoms with Gasteiger partial charge in [-0.15, -0.1) is 0 Å². The van der Waals surface area contributed by atoms with Crippen molar-refractivity contribution in [3.8, 4) is 0 Å². The Morgan fingerprint density at radius 1 is 0.475 bits per heavy atom. The van der Waals surface area contributed by atoms with E-state index in [-0.39, 0.29) is 0 Å². The van der Waals surface area contributed by atoms with Crippen molar-refractivity contribution in [2.45, 2.75) is 128 Å². The van der Waals surface area contributed by atoms with Crippen molar-refractivity contribution in [1.82, 2.24) is 10.6 Å². The number of amides is 2. The van der Waals surface area contributed by atoms with Crippen molar-refractivity contribution >= 4 is 12.2 Å². The van der Waals surface area contributed by atoms with Crippen LogP contribution in [0.3, 0.4) is 0 Å². The summed E-state index contributed by atoms with van der Waals surface area (Å²) < 4.78 is 416. The molecule has 61 heavy (non-hydrogen) atoms. The molecule has 362 valence electrons. The predicted octanol–water partition coefficient (Wildman–Crippen LogP) is 11.2. The molecule has 0 heterocycles. The molecular weight excluding hydrogens is 962 g/mol. The average molecular weight is 980 g/mol. The van der Waals surface area contributed by atoms with Crippen LogP contribution in [0.5, 0.6) is 0 Å². The second kappa shape index (κ2) is 15.0. The molecule has 0 aromatic rings. The lowest BCUT2D eigenvalue weighted by Gasteiger charge is -2.53. The first kappa shape index (κ1) is 55.5. The Morgan fingerprint density at radius 2 is 0.770 bits per heavy atom. The minimum atomic E-state index is -9.09. The molecule has 6 nitrogen and oxygen atoms in total. The maximum absolute atomic E-state index is 15.2. The highest BCUT2D eigenvalue weighted by Gasteiger charge is 2.95. The van der Waals surface area contributed by atoms with E-state index in [1.54, 1.807) is 0 Å². The van der Waals surface area contributed by atoms with E-state index >= 15 is 17.6 Å². The third-order valence-electron chi connectivity index (χ3n) is 9.25. The summed E-state index contributed by atoms with van der Waals surface area (Å²) in [5, 5.41) is 19.3. The van der Waals surface area contributed by atoms with Gasteiger partial charge in [0.1, 0.15) is 0 Å². The number of nitrogens with one attached hydrogen (secondary N) is 2. The lowest BCUT2D eigenvalue weighted by atomic mass is 9.61. The van der Waals surface area contributed by atoms with Gasteiger partial charge >= 0.3 is 95.6 Å². The Hall–Kier alpha value is -3.56. The summed E-state index contributed by atoms with van der Waals surface area (Å²) in [5.41, 5.74) is -4.88. The molecule has 4 unspecified atom stereocenters. The summed E-state index contributed by atoms with van der Waals surface area (Å²) in [4.78, 5) is 22.9. The van der Waals surface area contributed by atoms with Crippen LogP contribution in [-0.4, -0.2) is 117 Å². The van der Waals surface area contributed by atoms with Crippen LogP contribution in [0.15, 0.2) is 0 Å². The molecule has 1 aliphatic carbocycles. The van der Waals surface area contributed by atoms with Crippen molar-refractivity contribution in [2.75, 3.05) is 0 Å². The summed E-state index contributed by atoms with van der Waals surface area (Å²) in [5.74, 6) is -111. The highest BCUT2D eigenvalue weighted by molar-refractivity contribution is 5.67. The van der Waals surface area contributed by atoms with Gasteiger partial charge in [0.05, 0.1) is 5.54 Å². The van der Waals surface area contributed by atoms with Gasteiger partial charge in [0.2, 0.25) is 0 Å². The molecule has 2 amide bonds. The summed E-state index contributed by atoms with van der Waals surface area (Å²) >= 11 is 0. The number of carboxylic acid groups (broad SMARTS) is 2. The van der Waals surface area contributed by atoms with Crippen molar-refractivity contribution in [2.24, 2.45) is 11.8 Å². The molecule has 0 spiro atoms. The van der Waals surface area contributed by atoms with Gasteiger partial charge in [0.15, 0.2) is 0 Å². The van der Waals surface area contributed by atoms with Crippen molar-refractivity contribution in [1.29, 1.82) is 0 Å². The summed E-state index contributed by atoms with van der Waals surface area (Å²) in [6, 6.07) is -3.36. The number of halogens is 30. The number of hydrogen-bond donors (Lipinski definition) is 4. The van der Waals surface area contributed by atoms with Crippen molar-refractivity contribution in [3.05, 3.63) is 0 Å². The topological polar surface area (TPSA) is 98.7 Å². The van der Waals surface area contributed by atoms with Gasteiger partial charge in [-0.3, -0.25) is 0 Å². The van der Waals surface area contributed by atoms with Crippen LogP contribution in [-0.2, 0) is 0 Å². The fourth-order valence-electron chi connectivity index (χ4n) is 5.84. The van der Waals surface area contributed by atoms with E-state index in [2.05, 4.69) is 0 Å². The highest BCUT2D eigenvalue weighted by Crippen LogP contribution is 2.66. The fourth-order valence-corrected chi connectivity index (χ4v) is 5.84. The number of rotatable bonds is 16. The van der Waals surface area contributed by atoms with E-state index in [1.165, 1.54) is 0 Å². The van der Waals surface area contributed by atoms with E-state index in [1.807, 2.05) is 0 Å². The molecule has 1 aliphatic rings. The third kappa shape index (κ3) is 8.02. The number of carbonyl (C=O) groups is 2. The zero-order chi connectivity index (χ0) is 49.6. The molecule has 0 aliphatic heterocycles. The molecule has 1 fully saturated rings. The van der Waals surface area contributed by atoms with Crippen LogP contribution < -0.4 is 10.6 Å². The molecular formula is C25H18F30N2O4. The van der Waals surface area contributed by atoms with Crippen molar-refractivity contribution < 1.29 is 152 Å². The molecule has 1 saturated carbocycles. The monoisotopic (exact) mass is 980 g/mol. The first-order valence-corrected chi connectivity index (χ1v) is 14.8. The summed E-state index contributed by atoms with van der Waals surface area (Å²) in [6.07, 6.45) is -34.6. The zero-order valence-electron chi connectivity index (χ0n) is 28.1. The molecule has 0 bridgehead atoms. The molecule has 36 heteroatoms. The van der Waals surface area contributed by atoms with Gasteiger partial charge in [0.25, 0.3) is 0 Å². The van der Waals surface area contributed by atoms with Crippen LogP contribution in [0.25, 0.3) is 0 Å². The maximum Gasteiger partial charge on any atom is 0.460 e. The largest absolute Gasteiger partial charge is 0.465 e. The summed E-state index contributed by atoms with van der Waals surface area (Å²) in [7, 11) is 0. The van der Waals surface area contributed by atoms with Gasteiger partial charge in [0, 0.05) is 24.8 Å². The average Bonchev–Trinajstić information content (AvgIpc) is 3.01. The van der Waals surface area contributed by atoms with Crippen LogP contribution >= 0.6 is 0 Å². The molecule has 0 saturated heterocycles. The first-order chi connectivity index (χ1) is 26.2. The lowest BCUT2D eigenvalue weighted by Crippen LogP contribution is -2.75. The Kier molecular flexibility index (Phi) is 13.7. The standard InChI is InChI=1S/C25H18F30N2O4/c1-6-2-3-11(57-10(60)61,5-13(28,29)15(32,33)17(36,37)19(40,41)21(44,45)23(48,49)25(53,54)55)7(8(6)56-9(58)59)4-12(26,27)14(30,31)16(34,35)18(38,39)20(42,43)22(46,47)24(50,51)52/h6-8,56-57H,2-5H2,1H3,(H,58,59)(H,60,61). The van der Waals surface area contributed by atoms with Gasteiger partial charge < -0.3 is 20.8 Å². The second-order valence-electron chi connectivity index (χ2n) is 13.2. The smallest absolute Gasteiger partial charge is 0.460 e. The fraction of sp³-hybridized carbons (Fsp3) is 0.920. The van der Waals surface area contributed by atoms with Crippen molar-refractivity contribution in [3.63, 3.8) is 0 Å². The second-order valence-corrected chi connectivity index (χ2v) is 13.2. The summed E-state index contributed by atoms with van der Waals surface area (Å²) in [6.45, 7) is 0.363. The Morgan fingerprint density at radius 3 is 1.07 bits per heavy atom. The zero-order valence-corrected chi connectivity index (χ0v) is 28.1. The lowest BCUT2D eigenvalue weighted by molar-refractivity contribution is -0.454. The molecule has 4 atom stereocenters. The van der Waals surface area contributed by atoms with E-state index in [0.29, 0.717) is 12.2 Å². The predicted molar refractivity (Wildman–Crippen MR) is 131 cm³/mol. The van der Waals surface area contributed by atoms with E-state index in [9.17, 15) is 124 Å². The van der Waals surface area contributed by atoms with Crippen LogP contribution in [0, 0.1) is 11.8 Å². The highest BCUT2D eigenvalue weighted by atomic mass is 19.4. The normalized spacial score (nSPS) is 23.2. The number of hydrogen-bond acceptors (Lipinski definition) is 2. The number of alkyl halides is 30. The van der Waals surface area contributed by atoms with Crippen LogP contribution in [0.4, 0.5) is 141 Å². The molecule has 4 N–H and O–H groups in total.